The van der Waals surface area contributed by atoms with Gasteiger partial charge < -0.3 is 10.1 Å². The molecule has 0 radical (unpaired) electrons. The van der Waals surface area contributed by atoms with Crippen molar-refractivity contribution in [1.29, 1.82) is 0 Å². The molecular formula is C15H16ClN3O3. The number of carbonyl (C=O) groups is 2. The van der Waals surface area contributed by atoms with Crippen molar-refractivity contribution in [3.05, 3.63) is 46.2 Å². The van der Waals surface area contributed by atoms with Crippen molar-refractivity contribution < 1.29 is 14.3 Å². The molecule has 1 heterocycles. The molecule has 116 valence electrons. The zero-order chi connectivity index (χ0) is 16.3. The highest BCUT2D eigenvalue weighted by Gasteiger charge is 2.18. The highest BCUT2D eigenvalue weighted by atomic mass is 35.5. The van der Waals surface area contributed by atoms with Gasteiger partial charge in [0, 0.05) is 23.8 Å². The first-order chi connectivity index (χ1) is 10.4. The number of hydrogen-bond donors (Lipinski definition) is 1. The zero-order valence-corrected chi connectivity index (χ0v) is 13.3. The maximum Gasteiger partial charge on any atom is 0.356 e. The standard InChI is InChI=1S/C15H16ClN3O3/c1-4-22-15(21)13-8-12(18-19(13)3)14(20)17-11-7-10(16)6-5-9(11)2/h5-8H,4H2,1-3H3,(H,17,20). The van der Waals surface area contributed by atoms with E-state index in [0.717, 1.165) is 5.56 Å². The fraction of sp³-hybridized carbons (Fsp3) is 0.267. The van der Waals surface area contributed by atoms with E-state index in [-0.39, 0.29) is 18.0 Å². The molecule has 1 aromatic heterocycles. The van der Waals surface area contributed by atoms with Crippen LogP contribution in [0.4, 0.5) is 5.69 Å². The Bertz CT molecular complexity index is 725. The van der Waals surface area contributed by atoms with Crippen LogP contribution in [0.1, 0.15) is 33.5 Å². The monoisotopic (exact) mass is 321 g/mol. The number of anilines is 1. The van der Waals surface area contributed by atoms with E-state index in [0.29, 0.717) is 10.7 Å². The number of aryl methyl sites for hydroxylation is 2. The maximum atomic E-state index is 12.2. The number of rotatable bonds is 4. The van der Waals surface area contributed by atoms with E-state index in [1.54, 1.807) is 32.2 Å². The first-order valence-electron chi connectivity index (χ1n) is 6.71. The van der Waals surface area contributed by atoms with Crippen molar-refractivity contribution in [2.75, 3.05) is 11.9 Å². The van der Waals surface area contributed by atoms with E-state index in [9.17, 15) is 9.59 Å². The molecule has 0 bridgehead atoms. The Morgan fingerprint density at radius 1 is 1.36 bits per heavy atom. The third kappa shape index (κ3) is 3.46. The Morgan fingerprint density at radius 3 is 2.77 bits per heavy atom. The van der Waals surface area contributed by atoms with Gasteiger partial charge in [0.1, 0.15) is 5.69 Å². The summed E-state index contributed by atoms with van der Waals surface area (Å²) in [6.07, 6.45) is 0. The molecule has 0 saturated carbocycles. The second-order valence-electron chi connectivity index (χ2n) is 4.67. The first kappa shape index (κ1) is 16.0. The summed E-state index contributed by atoms with van der Waals surface area (Å²) in [5.41, 5.74) is 1.82. The third-order valence-corrected chi connectivity index (χ3v) is 3.28. The van der Waals surface area contributed by atoms with Gasteiger partial charge in [-0.3, -0.25) is 9.48 Å². The molecule has 0 aliphatic rings. The van der Waals surface area contributed by atoms with Crippen molar-refractivity contribution in [3.63, 3.8) is 0 Å². The van der Waals surface area contributed by atoms with Crippen LogP contribution in [0.25, 0.3) is 0 Å². The third-order valence-electron chi connectivity index (χ3n) is 3.04. The molecule has 0 fully saturated rings. The molecule has 0 saturated heterocycles. The topological polar surface area (TPSA) is 73.2 Å². The molecule has 0 aliphatic carbocycles. The fourth-order valence-electron chi connectivity index (χ4n) is 1.89. The summed E-state index contributed by atoms with van der Waals surface area (Å²) < 4.78 is 6.22. The highest BCUT2D eigenvalue weighted by molar-refractivity contribution is 6.31. The molecule has 1 amide bonds. The summed E-state index contributed by atoms with van der Waals surface area (Å²) >= 11 is 5.92. The predicted molar refractivity (Wildman–Crippen MR) is 83.3 cm³/mol. The number of carbonyl (C=O) groups excluding carboxylic acids is 2. The van der Waals surface area contributed by atoms with Crippen molar-refractivity contribution in [2.45, 2.75) is 13.8 Å². The van der Waals surface area contributed by atoms with Gasteiger partial charge in [-0.25, -0.2) is 4.79 Å². The van der Waals surface area contributed by atoms with Crippen LogP contribution in [0, 0.1) is 6.92 Å². The van der Waals surface area contributed by atoms with Gasteiger partial charge >= 0.3 is 5.97 Å². The number of esters is 1. The number of amides is 1. The van der Waals surface area contributed by atoms with Crippen molar-refractivity contribution in [1.82, 2.24) is 9.78 Å². The van der Waals surface area contributed by atoms with Crippen molar-refractivity contribution >= 4 is 29.2 Å². The summed E-state index contributed by atoms with van der Waals surface area (Å²) in [7, 11) is 1.58. The Morgan fingerprint density at radius 2 is 2.09 bits per heavy atom. The molecule has 6 nitrogen and oxygen atoms in total. The summed E-state index contributed by atoms with van der Waals surface area (Å²) in [5, 5.41) is 7.28. The number of benzene rings is 1. The van der Waals surface area contributed by atoms with Crippen LogP contribution in [-0.2, 0) is 11.8 Å². The van der Waals surface area contributed by atoms with E-state index in [1.165, 1.54) is 10.7 Å². The molecule has 2 aromatic rings. The largest absolute Gasteiger partial charge is 0.461 e. The second kappa shape index (κ2) is 6.62. The fourth-order valence-corrected chi connectivity index (χ4v) is 2.06. The van der Waals surface area contributed by atoms with Crippen LogP contribution in [0.5, 0.6) is 0 Å². The molecule has 22 heavy (non-hydrogen) atoms. The summed E-state index contributed by atoms with van der Waals surface area (Å²) in [6.45, 7) is 3.82. The van der Waals surface area contributed by atoms with Crippen molar-refractivity contribution in [3.8, 4) is 0 Å². The van der Waals surface area contributed by atoms with E-state index in [4.69, 9.17) is 16.3 Å². The van der Waals surface area contributed by atoms with Crippen LogP contribution in [0.15, 0.2) is 24.3 Å². The number of aromatic nitrogens is 2. The molecule has 0 unspecified atom stereocenters. The molecule has 1 aromatic carbocycles. The lowest BCUT2D eigenvalue weighted by molar-refractivity contribution is 0.0513. The van der Waals surface area contributed by atoms with Crippen LogP contribution >= 0.6 is 11.6 Å². The minimum atomic E-state index is -0.518. The lowest BCUT2D eigenvalue weighted by Gasteiger charge is -2.07. The lowest BCUT2D eigenvalue weighted by atomic mass is 10.2. The van der Waals surface area contributed by atoms with Crippen LogP contribution < -0.4 is 5.32 Å². The van der Waals surface area contributed by atoms with Gasteiger partial charge in [0.2, 0.25) is 0 Å². The summed E-state index contributed by atoms with van der Waals surface area (Å²) in [4.78, 5) is 24.0. The van der Waals surface area contributed by atoms with Gasteiger partial charge in [-0.1, -0.05) is 17.7 Å². The van der Waals surface area contributed by atoms with Gasteiger partial charge in [-0.05, 0) is 31.5 Å². The number of nitrogens with one attached hydrogen (secondary N) is 1. The Hall–Kier alpha value is -2.34. The average molecular weight is 322 g/mol. The second-order valence-corrected chi connectivity index (χ2v) is 5.11. The molecule has 1 N–H and O–H groups in total. The van der Waals surface area contributed by atoms with E-state index in [1.807, 2.05) is 6.92 Å². The number of ether oxygens (including phenoxy) is 1. The summed E-state index contributed by atoms with van der Waals surface area (Å²) in [6, 6.07) is 6.60. The minimum absolute atomic E-state index is 0.130. The van der Waals surface area contributed by atoms with Gasteiger partial charge in [0.15, 0.2) is 5.69 Å². The summed E-state index contributed by atoms with van der Waals surface area (Å²) in [5.74, 6) is -0.938. The highest BCUT2D eigenvalue weighted by Crippen LogP contribution is 2.20. The van der Waals surface area contributed by atoms with Gasteiger partial charge in [-0.15, -0.1) is 0 Å². The van der Waals surface area contributed by atoms with Gasteiger partial charge in [0.25, 0.3) is 5.91 Å². The molecule has 0 spiro atoms. The Kier molecular flexibility index (Phi) is 4.82. The first-order valence-corrected chi connectivity index (χ1v) is 7.08. The van der Waals surface area contributed by atoms with Crippen LogP contribution in [0.2, 0.25) is 5.02 Å². The average Bonchev–Trinajstić information content (AvgIpc) is 2.85. The quantitative estimate of drug-likeness (QED) is 0.879. The van der Waals surface area contributed by atoms with E-state index in [2.05, 4.69) is 10.4 Å². The van der Waals surface area contributed by atoms with Crippen LogP contribution in [0.3, 0.4) is 0 Å². The molecule has 0 aliphatic heterocycles. The lowest BCUT2D eigenvalue weighted by Crippen LogP contribution is -2.13. The maximum absolute atomic E-state index is 12.2. The molecule has 0 atom stereocenters. The van der Waals surface area contributed by atoms with Crippen molar-refractivity contribution in [2.24, 2.45) is 7.05 Å². The minimum Gasteiger partial charge on any atom is -0.461 e. The van der Waals surface area contributed by atoms with Crippen LogP contribution in [-0.4, -0.2) is 28.3 Å². The zero-order valence-electron chi connectivity index (χ0n) is 12.5. The number of hydrogen-bond acceptors (Lipinski definition) is 4. The SMILES string of the molecule is CCOC(=O)c1cc(C(=O)Nc2cc(Cl)ccc2C)nn1C. The smallest absolute Gasteiger partial charge is 0.356 e. The number of halogens is 1. The molecule has 2 rings (SSSR count). The number of nitrogens with zero attached hydrogens (tertiary/aromatic N) is 2. The predicted octanol–water partition coefficient (Wildman–Crippen LogP) is 2.81. The Labute approximate surface area is 133 Å². The molecular weight excluding hydrogens is 306 g/mol. The normalized spacial score (nSPS) is 10.4. The van der Waals surface area contributed by atoms with E-state index < -0.39 is 11.9 Å². The molecule has 7 heteroatoms. The van der Waals surface area contributed by atoms with Gasteiger partial charge in [-0.2, -0.15) is 5.10 Å². The van der Waals surface area contributed by atoms with E-state index >= 15 is 0 Å². The van der Waals surface area contributed by atoms with Gasteiger partial charge in [0.05, 0.1) is 6.61 Å². The Balaban J connectivity index is 2.21.